The third kappa shape index (κ3) is 4.99. The maximum absolute atomic E-state index is 5.66. The minimum Gasteiger partial charge on any atom is -0.380 e. The van der Waals surface area contributed by atoms with Crippen molar-refractivity contribution >= 4 is 0 Å². The Labute approximate surface area is 181 Å². The number of hydrazine groups is 1. The molecule has 4 rings (SSSR count). The van der Waals surface area contributed by atoms with Gasteiger partial charge in [-0.3, -0.25) is 20.9 Å². The normalized spacial score (nSPS) is 32.8. The molecule has 0 aromatic rings. The number of ether oxygens (including phenoxy) is 1. The maximum atomic E-state index is 5.66. The molecule has 1 saturated heterocycles. The second kappa shape index (κ2) is 10.4. The van der Waals surface area contributed by atoms with Gasteiger partial charge in [0.15, 0.2) is 0 Å². The fraction of sp³-hybridized carbons (Fsp3) is 0.810. The maximum Gasteiger partial charge on any atom is 0.136 e. The van der Waals surface area contributed by atoms with Gasteiger partial charge in [0.25, 0.3) is 0 Å². The molecule has 0 saturated carbocycles. The van der Waals surface area contributed by atoms with Crippen LogP contribution in [-0.4, -0.2) is 87.1 Å². The highest BCUT2D eigenvalue weighted by atomic mass is 16.5. The minimum atomic E-state index is 0.0659. The summed E-state index contributed by atoms with van der Waals surface area (Å²) in [4.78, 5) is 2.50. The van der Waals surface area contributed by atoms with Crippen molar-refractivity contribution in [3.05, 3.63) is 23.0 Å². The summed E-state index contributed by atoms with van der Waals surface area (Å²) in [6.07, 6.45) is 4.84. The molecule has 0 aromatic carbocycles. The van der Waals surface area contributed by atoms with Gasteiger partial charge in [-0.25, -0.2) is 5.43 Å². The quantitative estimate of drug-likeness (QED) is 0.228. The fourth-order valence-corrected chi connectivity index (χ4v) is 4.69. The molecular weight excluding hydrogens is 380 g/mol. The SMILES string of the molecule is CCOCCN1NC(CC)C2=C1C(NC1CC=C(C)CN1)NC(N1CCNCC1)N2. The lowest BCUT2D eigenvalue weighted by Crippen LogP contribution is -2.69. The van der Waals surface area contributed by atoms with E-state index >= 15 is 0 Å². The molecule has 0 bridgehead atoms. The highest BCUT2D eigenvalue weighted by Crippen LogP contribution is 2.27. The smallest absolute Gasteiger partial charge is 0.136 e. The van der Waals surface area contributed by atoms with Crippen LogP contribution in [0.4, 0.5) is 0 Å². The summed E-state index contributed by atoms with van der Waals surface area (Å²) in [5.41, 5.74) is 7.72. The average molecular weight is 421 g/mol. The van der Waals surface area contributed by atoms with Gasteiger partial charge in [-0.05, 0) is 26.7 Å². The summed E-state index contributed by atoms with van der Waals surface area (Å²) in [5.74, 6) is 0. The summed E-state index contributed by atoms with van der Waals surface area (Å²) in [6.45, 7) is 13.9. The zero-order valence-electron chi connectivity index (χ0n) is 18.8. The number of rotatable bonds is 8. The van der Waals surface area contributed by atoms with Crippen LogP contribution < -0.4 is 32.0 Å². The highest BCUT2D eigenvalue weighted by molar-refractivity contribution is 5.29. The van der Waals surface area contributed by atoms with Crippen LogP contribution in [0.15, 0.2) is 23.0 Å². The number of hydrogen-bond acceptors (Lipinski definition) is 9. The Morgan fingerprint density at radius 3 is 2.77 bits per heavy atom. The highest BCUT2D eigenvalue weighted by Gasteiger charge is 2.41. The van der Waals surface area contributed by atoms with Crippen LogP contribution in [0.3, 0.4) is 0 Å². The first-order chi connectivity index (χ1) is 14.7. The van der Waals surface area contributed by atoms with Crippen LogP contribution in [0.25, 0.3) is 0 Å². The standard InChI is InChI=1S/C21H40N8O/c1-4-16-18-19(29(27-16)12-13-30-5-2)20(24-17-7-6-15(3)14-23-17)26-21(25-18)28-10-8-22-9-11-28/h6,16-17,20-27H,4-5,7-14H2,1-3H3. The molecule has 0 spiro atoms. The van der Waals surface area contributed by atoms with Crippen LogP contribution >= 0.6 is 0 Å². The number of hydrogen-bond donors (Lipinski definition) is 6. The second-order valence-corrected chi connectivity index (χ2v) is 8.56. The molecule has 9 nitrogen and oxygen atoms in total. The predicted octanol–water partition coefficient (Wildman–Crippen LogP) is -0.604. The summed E-state index contributed by atoms with van der Waals surface area (Å²) in [7, 11) is 0. The molecule has 4 unspecified atom stereocenters. The van der Waals surface area contributed by atoms with E-state index in [4.69, 9.17) is 4.74 Å². The molecule has 1 fully saturated rings. The molecule has 4 aliphatic rings. The Morgan fingerprint density at radius 1 is 1.23 bits per heavy atom. The van der Waals surface area contributed by atoms with Crippen molar-refractivity contribution in [2.75, 3.05) is 52.5 Å². The van der Waals surface area contributed by atoms with Crippen LogP contribution in [-0.2, 0) is 4.74 Å². The van der Waals surface area contributed by atoms with Crippen LogP contribution in [0.1, 0.15) is 33.6 Å². The molecular formula is C21H40N8O. The van der Waals surface area contributed by atoms with Gasteiger partial charge >= 0.3 is 0 Å². The van der Waals surface area contributed by atoms with Crippen LogP contribution in [0.5, 0.6) is 0 Å². The van der Waals surface area contributed by atoms with Crippen LogP contribution in [0, 0.1) is 0 Å². The molecule has 0 aliphatic carbocycles. The molecule has 0 aromatic heterocycles. The Balaban J connectivity index is 1.54. The Hall–Kier alpha value is -1.20. The Kier molecular flexibility index (Phi) is 7.64. The molecule has 9 heteroatoms. The summed E-state index contributed by atoms with van der Waals surface area (Å²) in [6, 6.07) is 0.305. The molecule has 0 amide bonds. The van der Waals surface area contributed by atoms with Crippen molar-refractivity contribution in [3.63, 3.8) is 0 Å². The van der Waals surface area contributed by atoms with E-state index in [1.165, 1.54) is 17.0 Å². The molecule has 4 heterocycles. The van der Waals surface area contributed by atoms with Gasteiger partial charge in [-0.1, -0.05) is 18.6 Å². The number of piperazine rings is 1. The molecule has 0 radical (unpaired) electrons. The average Bonchev–Trinajstić information content (AvgIpc) is 3.14. The molecule has 6 N–H and O–H groups in total. The monoisotopic (exact) mass is 420 g/mol. The third-order valence-corrected chi connectivity index (χ3v) is 6.40. The van der Waals surface area contributed by atoms with E-state index in [-0.39, 0.29) is 18.6 Å². The fourth-order valence-electron chi connectivity index (χ4n) is 4.69. The van der Waals surface area contributed by atoms with E-state index in [2.05, 4.69) is 61.8 Å². The zero-order valence-corrected chi connectivity index (χ0v) is 18.8. The van der Waals surface area contributed by atoms with Gasteiger partial charge in [0, 0.05) is 39.3 Å². The van der Waals surface area contributed by atoms with Crippen molar-refractivity contribution in [2.24, 2.45) is 0 Å². The van der Waals surface area contributed by atoms with E-state index < -0.39 is 0 Å². The largest absolute Gasteiger partial charge is 0.380 e. The van der Waals surface area contributed by atoms with Crippen molar-refractivity contribution in [2.45, 2.75) is 58.3 Å². The van der Waals surface area contributed by atoms with Gasteiger partial charge < -0.3 is 20.4 Å². The third-order valence-electron chi connectivity index (χ3n) is 6.40. The number of nitrogens with zero attached hydrogens (tertiary/aromatic N) is 2. The van der Waals surface area contributed by atoms with E-state index in [0.29, 0.717) is 12.6 Å². The van der Waals surface area contributed by atoms with E-state index in [9.17, 15) is 0 Å². The van der Waals surface area contributed by atoms with Gasteiger partial charge in [0.05, 0.1) is 36.8 Å². The lowest BCUT2D eigenvalue weighted by atomic mass is 10.1. The Morgan fingerprint density at radius 2 is 2.07 bits per heavy atom. The molecule has 30 heavy (non-hydrogen) atoms. The molecule has 170 valence electrons. The lowest BCUT2D eigenvalue weighted by molar-refractivity contribution is 0.0845. The topological polar surface area (TPSA) is 87.9 Å². The van der Waals surface area contributed by atoms with Crippen molar-refractivity contribution in [1.82, 2.24) is 41.9 Å². The van der Waals surface area contributed by atoms with E-state index in [1.807, 2.05) is 6.92 Å². The molecule has 4 aliphatic heterocycles. The Bertz CT molecular complexity index is 632. The predicted molar refractivity (Wildman–Crippen MR) is 119 cm³/mol. The number of nitrogens with one attached hydrogen (secondary N) is 6. The first kappa shape index (κ1) is 22.0. The van der Waals surface area contributed by atoms with Crippen molar-refractivity contribution < 1.29 is 4.74 Å². The first-order valence-electron chi connectivity index (χ1n) is 11.7. The lowest BCUT2D eigenvalue weighted by Gasteiger charge is -2.44. The van der Waals surface area contributed by atoms with E-state index in [0.717, 1.165) is 58.7 Å². The second-order valence-electron chi connectivity index (χ2n) is 8.56. The zero-order chi connectivity index (χ0) is 20.9. The van der Waals surface area contributed by atoms with Crippen LogP contribution in [0.2, 0.25) is 0 Å². The van der Waals surface area contributed by atoms with Gasteiger partial charge in [0.2, 0.25) is 0 Å². The van der Waals surface area contributed by atoms with Crippen molar-refractivity contribution in [3.8, 4) is 0 Å². The summed E-state index contributed by atoms with van der Waals surface area (Å²) in [5, 5.41) is 20.9. The summed E-state index contributed by atoms with van der Waals surface area (Å²) < 4.78 is 5.66. The van der Waals surface area contributed by atoms with Gasteiger partial charge in [-0.15, -0.1) is 0 Å². The van der Waals surface area contributed by atoms with Crippen molar-refractivity contribution in [1.29, 1.82) is 0 Å². The molecule has 4 atom stereocenters. The van der Waals surface area contributed by atoms with Gasteiger partial charge in [-0.2, -0.15) is 0 Å². The van der Waals surface area contributed by atoms with Gasteiger partial charge in [0.1, 0.15) is 12.5 Å². The summed E-state index contributed by atoms with van der Waals surface area (Å²) >= 11 is 0. The minimum absolute atomic E-state index is 0.0659. The van der Waals surface area contributed by atoms with E-state index in [1.54, 1.807) is 0 Å². The first-order valence-corrected chi connectivity index (χ1v) is 11.7.